The number of nitrogens with zero attached hydrogens (tertiary/aromatic N) is 1. The molecule has 0 aliphatic rings. The Balaban J connectivity index is 2.80. The van der Waals surface area contributed by atoms with Gasteiger partial charge in [0.05, 0.1) is 0 Å². The van der Waals surface area contributed by atoms with Crippen molar-refractivity contribution in [3.63, 3.8) is 0 Å². The van der Waals surface area contributed by atoms with Gasteiger partial charge in [0.2, 0.25) is 0 Å². The molecule has 0 amide bonds. The van der Waals surface area contributed by atoms with Crippen LogP contribution in [-0.4, -0.2) is 24.8 Å². The summed E-state index contributed by atoms with van der Waals surface area (Å²) in [6, 6.07) is 6.91. The third kappa shape index (κ3) is 3.23. The van der Waals surface area contributed by atoms with E-state index in [1.807, 2.05) is 19.0 Å². The largest absolute Gasteiger partial charge is 0.383 e. The molecule has 14 heavy (non-hydrogen) atoms. The molecule has 0 saturated heterocycles. The van der Waals surface area contributed by atoms with E-state index in [0.717, 1.165) is 0 Å². The first-order valence-electron chi connectivity index (χ1n) is 4.24. The molecule has 0 fully saturated rings. The zero-order valence-corrected chi connectivity index (χ0v) is 8.95. The SMILES string of the molecule is CN(C)/C=C/C(=O)c1cccc(Cl)c1. The molecule has 0 saturated carbocycles. The number of benzene rings is 1. The summed E-state index contributed by atoms with van der Waals surface area (Å²) in [6.07, 6.45) is 3.23. The number of hydrogen-bond acceptors (Lipinski definition) is 2. The highest BCUT2D eigenvalue weighted by molar-refractivity contribution is 6.31. The van der Waals surface area contributed by atoms with Gasteiger partial charge in [-0.2, -0.15) is 0 Å². The van der Waals surface area contributed by atoms with E-state index >= 15 is 0 Å². The van der Waals surface area contributed by atoms with Crippen LogP contribution in [0.2, 0.25) is 5.02 Å². The van der Waals surface area contributed by atoms with Crippen molar-refractivity contribution in [2.45, 2.75) is 0 Å². The molecular formula is C11H12ClNO. The van der Waals surface area contributed by atoms with Crippen molar-refractivity contribution in [3.8, 4) is 0 Å². The summed E-state index contributed by atoms with van der Waals surface area (Å²) in [4.78, 5) is 13.3. The van der Waals surface area contributed by atoms with Gasteiger partial charge < -0.3 is 4.90 Å². The fourth-order valence-corrected chi connectivity index (χ4v) is 1.15. The molecule has 3 heteroatoms. The van der Waals surface area contributed by atoms with E-state index in [0.29, 0.717) is 10.6 Å². The first kappa shape index (κ1) is 10.8. The number of allylic oxidation sites excluding steroid dienone is 1. The molecule has 0 spiro atoms. The number of carbonyl (C=O) groups excluding carboxylic acids is 1. The lowest BCUT2D eigenvalue weighted by atomic mass is 10.1. The lowest BCUT2D eigenvalue weighted by Gasteiger charge is -2.02. The van der Waals surface area contributed by atoms with Gasteiger partial charge in [-0.15, -0.1) is 0 Å². The third-order valence-electron chi connectivity index (χ3n) is 1.63. The zero-order chi connectivity index (χ0) is 10.6. The average molecular weight is 210 g/mol. The Bertz CT molecular complexity index is 358. The van der Waals surface area contributed by atoms with Gasteiger partial charge in [-0.1, -0.05) is 23.7 Å². The van der Waals surface area contributed by atoms with E-state index < -0.39 is 0 Å². The van der Waals surface area contributed by atoms with Gasteiger partial charge in [0.25, 0.3) is 0 Å². The van der Waals surface area contributed by atoms with E-state index in [-0.39, 0.29) is 5.78 Å². The lowest BCUT2D eigenvalue weighted by Crippen LogP contribution is -2.03. The van der Waals surface area contributed by atoms with Crippen LogP contribution in [0.1, 0.15) is 10.4 Å². The maximum Gasteiger partial charge on any atom is 0.187 e. The fourth-order valence-electron chi connectivity index (χ4n) is 0.955. The first-order chi connectivity index (χ1) is 6.59. The summed E-state index contributed by atoms with van der Waals surface area (Å²) >= 11 is 5.76. The van der Waals surface area contributed by atoms with Gasteiger partial charge in [0, 0.05) is 37.0 Å². The fraction of sp³-hybridized carbons (Fsp3) is 0.182. The molecule has 1 aromatic rings. The Kier molecular flexibility index (Phi) is 3.72. The molecule has 0 aliphatic heterocycles. The van der Waals surface area contributed by atoms with Crippen LogP contribution in [0, 0.1) is 0 Å². The van der Waals surface area contributed by atoms with Crippen LogP contribution in [-0.2, 0) is 0 Å². The Morgan fingerprint density at radius 2 is 2.14 bits per heavy atom. The Labute approximate surface area is 88.8 Å². The monoisotopic (exact) mass is 209 g/mol. The zero-order valence-electron chi connectivity index (χ0n) is 8.20. The van der Waals surface area contributed by atoms with Crippen LogP contribution < -0.4 is 0 Å². The average Bonchev–Trinajstić information content (AvgIpc) is 2.14. The molecule has 1 aromatic carbocycles. The van der Waals surface area contributed by atoms with Crippen LogP contribution in [0.4, 0.5) is 0 Å². The minimum Gasteiger partial charge on any atom is -0.383 e. The van der Waals surface area contributed by atoms with Crippen molar-refractivity contribution >= 4 is 17.4 Å². The summed E-state index contributed by atoms with van der Waals surface area (Å²) in [6.45, 7) is 0. The van der Waals surface area contributed by atoms with Crippen molar-refractivity contribution < 1.29 is 4.79 Å². The Hall–Kier alpha value is -1.28. The normalized spacial score (nSPS) is 10.5. The second kappa shape index (κ2) is 4.82. The van der Waals surface area contributed by atoms with Crippen LogP contribution in [0.25, 0.3) is 0 Å². The van der Waals surface area contributed by atoms with Crippen molar-refractivity contribution in [2.24, 2.45) is 0 Å². The molecule has 0 unspecified atom stereocenters. The Morgan fingerprint density at radius 3 is 2.71 bits per heavy atom. The second-order valence-corrected chi connectivity index (χ2v) is 3.59. The van der Waals surface area contributed by atoms with E-state index in [9.17, 15) is 4.79 Å². The Morgan fingerprint density at radius 1 is 1.43 bits per heavy atom. The predicted octanol–water partition coefficient (Wildman–Crippen LogP) is 2.60. The first-order valence-corrected chi connectivity index (χ1v) is 4.62. The van der Waals surface area contributed by atoms with Gasteiger partial charge in [-0.25, -0.2) is 0 Å². The number of hydrogen-bond donors (Lipinski definition) is 0. The van der Waals surface area contributed by atoms with Gasteiger partial charge in [-0.05, 0) is 12.1 Å². The smallest absolute Gasteiger partial charge is 0.187 e. The van der Waals surface area contributed by atoms with Crippen molar-refractivity contribution in [1.29, 1.82) is 0 Å². The summed E-state index contributed by atoms with van der Waals surface area (Å²) in [7, 11) is 3.73. The van der Waals surface area contributed by atoms with Gasteiger partial charge in [-0.3, -0.25) is 4.79 Å². The maximum absolute atomic E-state index is 11.5. The highest BCUT2D eigenvalue weighted by atomic mass is 35.5. The molecule has 0 aliphatic carbocycles. The standard InChI is InChI=1S/C11H12ClNO/c1-13(2)7-6-11(14)9-4-3-5-10(12)8-9/h3-8H,1-2H3/b7-6+. The quantitative estimate of drug-likeness (QED) is 0.564. The highest BCUT2D eigenvalue weighted by Crippen LogP contribution is 2.11. The molecule has 0 aromatic heterocycles. The molecule has 0 heterocycles. The molecule has 2 nitrogen and oxygen atoms in total. The van der Waals surface area contributed by atoms with Crippen LogP contribution in [0.3, 0.4) is 0 Å². The summed E-state index contributed by atoms with van der Waals surface area (Å²) in [5.74, 6) is -0.0406. The third-order valence-corrected chi connectivity index (χ3v) is 1.87. The lowest BCUT2D eigenvalue weighted by molar-refractivity contribution is 0.104. The molecular weight excluding hydrogens is 198 g/mol. The number of rotatable bonds is 3. The van der Waals surface area contributed by atoms with E-state index in [1.165, 1.54) is 6.08 Å². The van der Waals surface area contributed by atoms with Crippen molar-refractivity contribution in [3.05, 3.63) is 47.1 Å². The minimum atomic E-state index is -0.0406. The van der Waals surface area contributed by atoms with E-state index in [4.69, 9.17) is 11.6 Å². The topological polar surface area (TPSA) is 20.3 Å². The minimum absolute atomic E-state index is 0.0406. The number of ketones is 1. The molecule has 0 bridgehead atoms. The number of carbonyl (C=O) groups is 1. The molecule has 74 valence electrons. The predicted molar refractivity (Wildman–Crippen MR) is 58.6 cm³/mol. The van der Waals surface area contributed by atoms with Crippen molar-refractivity contribution in [2.75, 3.05) is 14.1 Å². The second-order valence-electron chi connectivity index (χ2n) is 3.15. The molecule has 0 atom stereocenters. The van der Waals surface area contributed by atoms with Crippen LogP contribution in [0.15, 0.2) is 36.5 Å². The summed E-state index contributed by atoms with van der Waals surface area (Å²) in [5, 5.41) is 0.578. The van der Waals surface area contributed by atoms with Crippen LogP contribution in [0.5, 0.6) is 0 Å². The van der Waals surface area contributed by atoms with Gasteiger partial charge >= 0.3 is 0 Å². The van der Waals surface area contributed by atoms with E-state index in [1.54, 1.807) is 30.5 Å². The maximum atomic E-state index is 11.5. The highest BCUT2D eigenvalue weighted by Gasteiger charge is 2.01. The molecule has 1 rings (SSSR count). The van der Waals surface area contributed by atoms with Gasteiger partial charge in [0.15, 0.2) is 5.78 Å². The van der Waals surface area contributed by atoms with Crippen LogP contribution >= 0.6 is 11.6 Å². The number of halogens is 1. The molecule has 0 radical (unpaired) electrons. The van der Waals surface area contributed by atoms with Crippen molar-refractivity contribution in [1.82, 2.24) is 4.90 Å². The summed E-state index contributed by atoms with van der Waals surface area (Å²) < 4.78 is 0. The van der Waals surface area contributed by atoms with Gasteiger partial charge in [0.1, 0.15) is 0 Å². The van der Waals surface area contributed by atoms with E-state index in [2.05, 4.69) is 0 Å². The summed E-state index contributed by atoms with van der Waals surface area (Å²) in [5.41, 5.74) is 0.607. The molecule has 0 N–H and O–H groups in total.